The number of aromatic amines is 1. The number of H-pyrrole nitrogens is 1. The lowest BCUT2D eigenvalue weighted by atomic mass is 10.2. The number of carbonyl (C=O) groups excluding carboxylic acids is 1. The molecule has 2 aromatic heterocycles. The van der Waals surface area contributed by atoms with Crippen LogP contribution in [0.4, 0.5) is 0 Å². The molecule has 142 valence electrons. The van der Waals surface area contributed by atoms with E-state index in [1.807, 2.05) is 64.2 Å². The molecule has 6 heteroatoms. The molecule has 0 bridgehead atoms. The van der Waals surface area contributed by atoms with Crippen molar-refractivity contribution in [1.82, 2.24) is 19.4 Å². The van der Waals surface area contributed by atoms with Gasteiger partial charge in [0.25, 0.3) is 0 Å². The van der Waals surface area contributed by atoms with E-state index in [0.717, 1.165) is 52.9 Å². The van der Waals surface area contributed by atoms with E-state index in [2.05, 4.69) is 4.98 Å². The molecule has 0 spiro atoms. The van der Waals surface area contributed by atoms with Crippen LogP contribution >= 0.6 is 0 Å². The van der Waals surface area contributed by atoms with E-state index in [-0.39, 0.29) is 11.9 Å². The Morgan fingerprint density at radius 2 is 2.14 bits per heavy atom. The second-order valence-electron chi connectivity index (χ2n) is 7.25. The van der Waals surface area contributed by atoms with E-state index in [4.69, 9.17) is 9.72 Å². The molecule has 1 atom stereocenters. The Kier molecular flexibility index (Phi) is 4.04. The largest absolute Gasteiger partial charge is 0.497 e. The van der Waals surface area contributed by atoms with Crippen molar-refractivity contribution < 1.29 is 9.53 Å². The van der Waals surface area contributed by atoms with Gasteiger partial charge < -0.3 is 19.2 Å². The number of benzene rings is 2. The van der Waals surface area contributed by atoms with Gasteiger partial charge in [-0.25, -0.2) is 4.98 Å². The van der Waals surface area contributed by atoms with Crippen molar-refractivity contribution in [3.63, 3.8) is 0 Å². The monoisotopic (exact) mass is 374 g/mol. The number of carbonyl (C=O) groups is 1. The topological polar surface area (TPSA) is 63.1 Å². The third-order valence-electron chi connectivity index (χ3n) is 5.58. The van der Waals surface area contributed by atoms with Crippen molar-refractivity contribution in [1.29, 1.82) is 0 Å². The molecule has 1 amide bonds. The maximum absolute atomic E-state index is 13.1. The van der Waals surface area contributed by atoms with Crippen molar-refractivity contribution in [2.45, 2.75) is 25.4 Å². The zero-order chi connectivity index (χ0) is 19.1. The Balaban J connectivity index is 1.40. The number of imidazole rings is 1. The predicted molar refractivity (Wildman–Crippen MR) is 108 cm³/mol. The predicted octanol–water partition coefficient (Wildman–Crippen LogP) is 3.89. The number of para-hydroxylation sites is 2. The molecule has 1 aliphatic rings. The van der Waals surface area contributed by atoms with Gasteiger partial charge in [0.15, 0.2) is 0 Å². The van der Waals surface area contributed by atoms with Crippen molar-refractivity contribution in [3.05, 3.63) is 60.6 Å². The fraction of sp³-hybridized carbons (Fsp3) is 0.273. The number of hydrogen-bond donors (Lipinski definition) is 1. The molecule has 3 heterocycles. The Bertz CT molecular complexity index is 1130. The van der Waals surface area contributed by atoms with Gasteiger partial charge in [-0.05, 0) is 49.2 Å². The number of aromatic nitrogens is 3. The van der Waals surface area contributed by atoms with Crippen LogP contribution in [0.3, 0.4) is 0 Å². The number of amides is 1. The number of ether oxygens (including phenoxy) is 1. The third-order valence-corrected chi connectivity index (χ3v) is 5.58. The van der Waals surface area contributed by atoms with Crippen LogP contribution < -0.4 is 4.74 Å². The summed E-state index contributed by atoms with van der Waals surface area (Å²) >= 11 is 0. The standard InChI is InChI=1S/C22H22N4O2/c1-28-16-8-9-19-15(13-16)10-12-25(19)14-21(27)26-11-4-7-20(26)22-23-17-5-2-3-6-18(17)24-22/h2-3,5-6,8-10,12-13,20H,4,7,11,14H2,1H3,(H,23,24). The lowest BCUT2D eigenvalue weighted by Gasteiger charge is -2.23. The van der Waals surface area contributed by atoms with Gasteiger partial charge in [-0.15, -0.1) is 0 Å². The average molecular weight is 374 g/mol. The van der Waals surface area contributed by atoms with E-state index in [1.165, 1.54) is 0 Å². The minimum atomic E-state index is 0.0156. The first kappa shape index (κ1) is 16.9. The molecule has 5 rings (SSSR count). The summed E-state index contributed by atoms with van der Waals surface area (Å²) in [5.41, 5.74) is 3.00. The number of methoxy groups -OCH3 is 1. The molecule has 1 fully saturated rings. The highest BCUT2D eigenvalue weighted by atomic mass is 16.5. The maximum Gasteiger partial charge on any atom is 0.243 e. The molecular weight excluding hydrogens is 352 g/mol. The van der Waals surface area contributed by atoms with E-state index in [9.17, 15) is 4.79 Å². The van der Waals surface area contributed by atoms with Crippen molar-refractivity contribution in [3.8, 4) is 5.75 Å². The van der Waals surface area contributed by atoms with Crippen LogP contribution in [-0.2, 0) is 11.3 Å². The van der Waals surface area contributed by atoms with Crippen LogP contribution in [0.1, 0.15) is 24.7 Å². The first-order chi connectivity index (χ1) is 13.7. The van der Waals surface area contributed by atoms with E-state index < -0.39 is 0 Å². The molecule has 0 radical (unpaired) electrons. The minimum absolute atomic E-state index is 0.0156. The summed E-state index contributed by atoms with van der Waals surface area (Å²) in [6.45, 7) is 1.10. The summed E-state index contributed by atoms with van der Waals surface area (Å²) in [7, 11) is 1.66. The smallest absolute Gasteiger partial charge is 0.243 e. The summed E-state index contributed by atoms with van der Waals surface area (Å²) in [6.07, 6.45) is 3.90. The molecule has 0 aliphatic carbocycles. The molecule has 0 saturated carbocycles. The van der Waals surface area contributed by atoms with Crippen LogP contribution in [0.2, 0.25) is 0 Å². The quantitative estimate of drug-likeness (QED) is 0.589. The molecule has 6 nitrogen and oxygen atoms in total. The van der Waals surface area contributed by atoms with E-state index in [0.29, 0.717) is 6.54 Å². The molecule has 4 aromatic rings. The highest BCUT2D eigenvalue weighted by molar-refractivity contribution is 5.84. The molecule has 1 unspecified atom stereocenters. The van der Waals surface area contributed by atoms with E-state index >= 15 is 0 Å². The van der Waals surface area contributed by atoms with Gasteiger partial charge in [0.05, 0.1) is 24.2 Å². The maximum atomic E-state index is 13.1. The second kappa shape index (κ2) is 6.71. The number of likely N-dealkylation sites (tertiary alicyclic amines) is 1. The van der Waals surface area contributed by atoms with Gasteiger partial charge in [-0.1, -0.05) is 12.1 Å². The first-order valence-corrected chi connectivity index (χ1v) is 9.60. The molecule has 28 heavy (non-hydrogen) atoms. The van der Waals surface area contributed by atoms with Crippen LogP contribution in [0.5, 0.6) is 5.75 Å². The van der Waals surface area contributed by atoms with Gasteiger partial charge in [0.2, 0.25) is 5.91 Å². The Hall–Kier alpha value is -3.28. The minimum Gasteiger partial charge on any atom is -0.497 e. The Morgan fingerprint density at radius 1 is 1.25 bits per heavy atom. The second-order valence-corrected chi connectivity index (χ2v) is 7.25. The zero-order valence-electron chi connectivity index (χ0n) is 15.8. The number of nitrogens with one attached hydrogen (secondary N) is 1. The SMILES string of the molecule is COc1ccc2c(ccn2CC(=O)N2CCCC2c2nc3ccccc3[nH]2)c1. The van der Waals surface area contributed by atoms with Crippen molar-refractivity contribution in [2.75, 3.05) is 13.7 Å². The van der Waals surface area contributed by atoms with Gasteiger partial charge in [-0.2, -0.15) is 0 Å². The number of rotatable bonds is 4. The van der Waals surface area contributed by atoms with Crippen molar-refractivity contribution >= 4 is 27.8 Å². The fourth-order valence-corrected chi connectivity index (χ4v) is 4.16. The van der Waals surface area contributed by atoms with E-state index in [1.54, 1.807) is 7.11 Å². The number of nitrogens with zero attached hydrogens (tertiary/aromatic N) is 3. The normalized spacial score (nSPS) is 16.9. The molecule has 1 aliphatic heterocycles. The zero-order valence-corrected chi connectivity index (χ0v) is 15.8. The van der Waals surface area contributed by atoms with Crippen LogP contribution in [0.25, 0.3) is 21.9 Å². The summed E-state index contributed by atoms with van der Waals surface area (Å²) < 4.78 is 7.29. The highest BCUT2D eigenvalue weighted by Crippen LogP contribution is 2.32. The molecular formula is C22H22N4O2. The molecule has 1 N–H and O–H groups in total. The lowest BCUT2D eigenvalue weighted by Crippen LogP contribution is -2.33. The highest BCUT2D eigenvalue weighted by Gasteiger charge is 2.32. The number of hydrogen-bond acceptors (Lipinski definition) is 3. The van der Waals surface area contributed by atoms with Gasteiger partial charge in [0, 0.05) is 23.6 Å². The number of fused-ring (bicyclic) bond motifs is 2. The summed E-state index contributed by atoms with van der Waals surface area (Å²) in [4.78, 5) is 23.2. The van der Waals surface area contributed by atoms with Crippen LogP contribution in [0.15, 0.2) is 54.7 Å². The Labute approximate surface area is 162 Å². The van der Waals surface area contributed by atoms with Crippen LogP contribution in [-0.4, -0.2) is 39.0 Å². The van der Waals surface area contributed by atoms with Crippen LogP contribution in [0, 0.1) is 0 Å². The summed E-state index contributed by atoms with van der Waals surface area (Å²) in [5, 5.41) is 1.07. The Morgan fingerprint density at radius 3 is 3.00 bits per heavy atom. The van der Waals surface area contributed by atoms with Gasteiger partial charge >= 0.3 is 0 Å². The van der Waals surface area contributed by atoms with Gasteiger partial charge in [0.1, 0.15) is 18.1 Å². The lowest BCUT2D eigenvalue weighted by molar-refractivity contribution is -0.132. The summed E-state index contributed by atoms with van der Waals surface area (Å²) in [6, 6.07) is 15.9. The molecule has 2 aromatic carbocycles. The van der Waals surface area contributed by atoms with Gasteiger partial charge in [-0.3, -0.25) is 4.79 Å². The fourth-order valence-electron chi connectivity index (χ4n) is 4.16. The van der Waals surface area contributed by atoms with Crippen molar-refractivity contribution in [2.24, 2.45) is 0 Å². The third kappa shape index (κ3) is 2.81. The summed E-state index contributed by atoms with van der Waals surface area (Å²) in [5.74, 6) is 1.83. The first-order valence-electron chi connectivity index (χ1n) is 9.60. The average Bonchev–Trinajstić information content (AvgIpc) is 3.45. The molecule has 1 saturated heterocycles.